The molecule has 9 heteroatoms. The lowest BCUT2D eigenvalue weighted by atomic mass is 9.63. The van der Waals surface area contributed by atoms with Crippen molar-refractivity contribution in [3.05, 3.63) is 125 Å². The first-order chi connectivity index (χ1) is 25.6. The number of ether oxygens (including phenoxy) is 2. The van der Waals surface area contributed by atoms with E-state index in [-0.39, 0.29) is 48.6 Å². The molecule has 1 N–H and O–H groups in total. The Hall–Kier alpha value is -4.99. The largest absolute Gasteiger partial charge is 0.497 e. The Morgan fingerprint density at radius 1 is 0.962 bits per heavy atom. The van der Waals surface area contributed by atoms with E-state index in [9.17, 15) is 14.7 Å². The minimum Gasteiger partial charge on any atom is -0.497 e. The second kappa shape index (κ2) is 13.5. The molecule has 0 radical (unpaired) electrons. The summed E-state index contributed by atoms with van der Waals surface area (Å²) in [4.78, 5) is 47.3. The molecular weight excluding hydrogens is 666 g/mol. The number of hydrogen-bond donors (Lipinski definition) is 1. The summed E-state index contributed by atoms with van der Waals surface area (Å²) >= 11 is 0. The molecule has 2 saturated heterocycles. The van der Waals surface area contributed by atoms with E-state index >= 15 is 4.79 Å². The smallest absolute Gasteiger partial charge is 0.264 e. The van der Waals surface area contributed by atoms with Gasteiger partial charge in [0, 0.05) is 42.6 Å². The second-order valence-corrected chi connectivity index (χ2v) is 15.6. The molecule has 4 aromatic rings. The van der Waals surface area contributed by atoms with Gasteiger partial charge in [-0.05, 0) is 64.4 Å². The van der Waals surface area contributed by atoms with E-state index in [2.05, 4.69) is 39.0 Å². The van der Waals surface area contributed by atoms with Crippen LogP contribution in [0.5, 0.6) is 5.75 Å². The van der Waals surface area contributed by atoms with Crippen LogP contribution >= 0.6 is 0 Å². The molecule has 8 rings (SSSR count). The third-order valence-electron chi connectivity index (χ3n) is 12.4. The van der Waals surface area contributed by atoms with Gasteiger partial charge in [-0.25, -0.2) is 0 Å². The number of anilines is 2. The number of aliphatic hydroxyl groups excluding tert-OH is 1. The predicted molar refractivity (Wildman–Crippen MR) is 202 cm³/mol. The lowest BCUT2D eigenvalue weighted by molar-refractivity contribution is -0.151. The highest BCUT2D eigenvalue weighted by atomic mass is 16.5. The molecule has 0 saturated carbocycles. The summed E-state index contributed by atoms with van der Waals surface area (Å²) < 4.78 is 12.7. The third kappa shape index (κ3) is 5.72. The molecule has 4 aromatic carbocycles. The summed E-state index contributed by atoms with van der Waals surface area (Å²) in [6.45, 7) is 7.73. The van der Waals surface area contributed by atoms with E-state index in [0.29, 0.717) is 32.5 Å². The van der Waals surface area contributed by atoms with Crippen LogP contribution in [0.25, 0.3) is 0 Å². The molecule has 1 spiro atoms. The Morgan fingerprint density at radius 3 is 2.40 bits per heavy atom. The Labute approximate surface area is 311 Å². The zero-order chi connectivity index (χ0) is 37.1. The molecule has 4 aliphatic heterocycles. The van der Waals surface area contributed by atoms with Gasteiger partial charge in [0.1, 0.15) is 5.75 Å². The molecular formula is C44H47N3O6. The summed E-state index contributed by atoms with van der Waals surface area (Å²) in [5.41, 5.74) is 4.77. The second-order valence-electron chi connectivity index (χ2n) is 15.6. The molecule has 4 aliphatic rings. The van der Waals surface area contributed by atoms with E-state index in [0.717, 1.165) is 44.9 Å². The average Bonchev–Trinajstić information content (AvgIpc) is 3.59. The predicted octanol–water partition coefficient (Wildman–Crippen LogP) is 6.14. The highest BCUT2D eigenvalue weighted by molar-refractivity contribution is 6.07. The molecule has 9 nitrogen and oxygen atoms in total. The fourth-order valence-corrected chi connectivity index (χ4v) is 9.55. The molecule has 5 atom stereocenters. The van der Waals surface area contributed by atoms with Gasteiger partial charge in [-0.15, -0.1) is 0 Å². The topological polar surface area (TPSA) is 99.6 Å². The minimum atomic E-state index is -1.33. The standard InChI is InChI=1S/C44H47N3O6/c1-28-41(43(2,3)32-16-18-35(52-4)19-17-32)38(24-40(50)46-26-31-12-6-5-11-30(31)23-34(46)27-48)53-44(28)36-14-7-8-15-37(36)47(42(44)51)25-29-10-9-13-33(22-29)45-21-20-39(45)49/h5-19,22,28,34,38,41,48H,20-21,23-27H2,1-4H3/t28-,34-,38+,41-,44+/m0/s1. The van der Waals surface area contributed by atoms with Crippen molar-refractivity contribution >= 4 is 29.1 Å². The first kappa shape index (κ1) is 35.1. The van der Waals surface area contributed by atoms with Gasteiger partial charge >= 0.3 is 0 Å². The van der Waals surface area contributed by atoms with Crippen LogP contribution in [0.1, 0.15) is 61.4 Å². The van der Waals surface area contributed by atoms with Crippen LogP contribution in [0.3, 0.4) is 0 Å². The SMILES string of the molecule is COc1ccc(C(C)(C)[C@@H]2[C@@H](CC(=O)N3Cc4ccccc4C[C@H]3CO)O[C@]3(C(=O)N(Cc4cccc(N5CCC5=O)c4)c4ccccc43)[C@H]2C)cc1. The number of methoxy groups -OCH3 is 1. The van der Waals surface area contributed by atoms with Crippen molar-refractivity contribution in [2.75, 3.05) is 30.1 Å². The van der Waals surface area contributed by atoms with Crippen molar-refractivity contribution in [2.24, 2.45) is 11.8 Å². The van der Waals surface area contributed by atoms with Gasteiger partial charge in [0.15, 0.2) is 5.60 Å². The Kier molecular flexibility index (Phi) is 8.90. The number of hydrogen-bond acceptors (Lipinski definition) is 6. The number of carbonyl (C=O) groups excluding carboxylic acids is 3. The number of fused-ring (bicyclic) bond motifs is 3. The van der Waals surface area contributed by atoms with E-state index in [1.165, 1.54) is 0 Å². The van der Waals surface area contributed by atoms with Gasteiger partial charge in [0.05, 0.1) is 44.5 Å². The van der Waals surface area contributed by atoms with Crippen LogP contribution in [0.2, 0.25) is 0 Å². The summed E-state index contributed by atoms with van der Waals surface area (Å²) in [7, 11) is 1.65. The summed E-state index contributed by atoms with van der Waals surface area (Å²) in [5.74, 6) is 0.0292. The van der Waals surface area contributed by atoms with Crippen LogP contribution in [-0.2, 0) is 49.6 Å². The van der Waals surface area contributed by atoms with Crippen molar-refractivity contribution in [3.63, 3.8) is 0 Å². The zero-order valence-electron chi connectivity index (χ0n) is 30.8. The first-order valence-corrected chi connectivity index (χ1v) is 18.7. The molecule has 53 heavy (non-hydrogen) atoms. The molecule has 3 amide bonds. The van der Waals surface area contributed by atoms with Crippen molar-refractivity contribution in [2.45, 2.75) is 76.3 Å². The van der Waals surface area contributed by atoms with Gasteiger partial charge in [0.25, 0.3) is 5.91 Å². The maximum atomic E-state index is 15.2. The number of nitrogens with zero attached hydrogens (tertiary/aromatic N) is 3. The molecule has 4 heterocycles. The molecule has 274 valence electrons. The number of carbonyl (C=O) groups is 3. The van der Waals surface area contributed by atoms with Crippen molar-refractivity contribution in [1.82, 2.24) is 4.90 Å². The van der Waals surface area contributed by atoms with Crippen LogP contribution in [0.15, 0.2) is 97.1 Å². The Morgan fingerprint density at radius 2 is 1.70 bits per heavy atom. The Bertz CT molecular complexity index is 2060. The summed E-state index contributed by atoms with van der Waals surface area (Å²) in [5, 5.41) is 10.4. The quantitative estimate of drug-likeness (QED) is 0.210. The minimum absolute atomic E-state index is 0.0658. The number of amides is 3. The number of benzene rings is 4. The maximum Gasteiger partial charge on any atom is 0.264 e. The van der Waals surface area contributed by atoms with Crippen LogP contribution in [-0.4, -0.2) is 60.1 Å². The fourth-order valence-electron chi connectivity index (χ4n) is 9.55. The monoisotopic (exact) mass is 713 g/mol. The molecule has 0 aliphatic carbocycles. The van der Waals surface area contributed by atoms with Crippen molar-refractivity contribution in [1.29, 1.82) is 0 Å². The molecule has 0 aromatic heterocycles. The maximum absolute atomic E-state index is 15.2. The number of rotatable bonds is 9. The van der Waals surface area contributed by atoms with Crippen molar-refractivity contribution < 1.29 is 29.0 Å². The van der Waals surface area contributed by atoms with Crippen LogP contribution in [0, 0.1) is 11.8 Å². The van der Waals surface area contributed by atoms with Crippen molar-refractivity contribution in [3.8, 4) is 5.75 Å². The zero-order valence-corrected chi connectivity index (χ0v) is 30.8. The highest BCUT2D eigenvalue weighted by Gasteiger charge is 2.66. The van der Waals surface area contributed by atoms with E-state index in [1.807, 2.05) is 83.8 Å². The van der Waals surface area contributed by atoms with Gasteiger partial charge < -0.3 is 29.3 Å². The van der Waals surface area contributed by atoms with Gasteiger partial charge in [-0.1, -0.05) is 87.5 Å². The normalized spacial score (nSPS) is 25.0. The van der Waals surface area contributed by atoms with E-state index < -0.39 is 17.1 Å². The molecule has 0 bridgehead atoms. The first-order valence-electron chi connectivity index (χ1n) is 18.7. The van der Waals surface area contributed by atoms with E-state index in [4.69, 9.17) is 9.47 Å². The fraction of sp³-hybridized carbons (Fsp3) is 0.386. The summed E-state index contributed by atoms with van der Waals surface area (Å²) in [6, 6.07) is 31.4. The van der Waals surface area contributed by atoms with Crippen LogP contribution in [0.4, 0.5) is 11.4 Å². The Balaban J connectivity index is 1.17. The number of para-hydroxylation sites is 1. The lowest BCUT2D eigenvalue weighted by Gasteiger charge is -2.40. The third-order valence-corrected chi connectivity index (χ3v) is 12.4. The van der Waals surface area contributed by atoms with E-state index in [1.54, 1.807) is 16.9 Å². The summed E-state index contributed by atoms with van der Waals surface area (Å²) in [6.07, 6.45) is 0.586. The highest BCUT2D eigenvalue weighted by Crippen LogP contribution is 2.60. The number of aliphatic hydroxyl groups is 1. The van der Waals surface area contributed by atoms with Gasteiger partial charge in [0.2, 0.25) is 11.8 Å². The lowest BCUT2D eigenvalue weighted by Crippen LogP contribution is -2.48. The van der Waals surface area contributed by atoms with Gasteiger partial charge in [-0.2, -0.15) is 0 Å². The number of β-lactam (4-membered cyclic amide) rings is 1. The molecule has 2 fully saturated rings. The molecule has 0 unspecified atom stereocenters. The van der Waals surface area contributed by atoms with Crippen LogP contribution < -0.4 is 14.5 Å². The van der Waals surface area contributed by atoms with Gasteiger partial charge in [-0.3, -0.25) is 14.4 Å². The average molecular weight is 714 g/mol.